The molecule has 1 nitrogen and oxygen atoms in total. The molecule has 0 aliphatic rings. The van der Waals surface area contributed by atoms with Crippen molar-refractivity contribution in [2.24, 2.45) is 0 Å². The van der Waals surface area contributed by atoms with Gasteiger partial charge in [-0.05, 0) is 17.7 Å². The topological polar surface area (TPSA) is 17.1 Å². The van der Waals surface area contributed by atoms with Gasteiger partial charge >= 0.3 is 12.3 Å². The number of alkyl halides is 4. The van der Waals surface area contributed by atoms with Gasteiger partial charge in [-0.1, -0.05) is 29.3 Å². The van der Waals surface area contributed by atoms with Crippen molar-refractivity contribution in [2.75, 3.05) is 0 Å². The number of ketones is 1. The molecule has 94 valence electrons. The van der Waals surface area contributed by atoms with Gasteiger partial charge in [0, 0.05) is 16.5 Å². The fourth-order valence-corrected chi connectivity index (χ4v) is 1.63. The molecule has 1 aromatic carbocycles. The summed E-state index contributed by atoms with van der Waals surface area (Å²) < 4.78 is 49.3. The third-order valence-electron chi connectivity index (χ3n) is 2.04. The first-order valence-electron chi connectivity index (χ1n) is 4.39. The Hall–Kier alpha value is -0.810. The summed E-state index contributed by atoms with van der Waals surface area (Å²) in [6.45, 7) is 0. The molecular formula is C10H6Cl2F4O. The van der Waals surface area contributed by atoms with Crippen LogP contribution in [0, 0.1) is 0 Å². The average molecular weight is 289 g/mol. The van der Waals surface area contributed by atoms with E-state index in [2.05, 4.69) is 0 Å². The molecule has 0 saturated heterocycles. The summed E-state index contributed by atoms with van der Waals surface area (Å²) in [7, 11) is 0. The van der Waals surface area contributed by atoms with E-state index in [-0.39, 0.29) is 15.6 Å². The molecule has 17 heavy (non-hydrogen) atoms. The Morgan fingerprint density at radius 1 is 1.24 bits per heavy atom. The number of carbonyl (C=O) groups excluding carboxylic acids is 1. The van der Waals surface area contributed by atoms with Crippen molar-refractivity contribution in [2.45, 2.75) is 18.8 Å². The molecule has 1 rings (SSSR count). The minimum Gasteiger partial charge on any atom is -0.292 e. The van der Waals surface area contributed by atoms with E-state index in [0.29, 0.717) is 0 Å². The van der Waals surface area contributed by atoms with E-state index < -0.39 is 24.6 Å². The SMILES string of the molecule is O=C(Cc1c(Cl)cccc1Cl)C(F)(F)C(F)F. The lowest BCUT2D eigenvalue weighted by atomic mass is 10.0. The molecular weight excluding hydrogens is 283 g/mol. The summed E-state index contributed by atoms with van der Waals surface area (Å²) in [4.78, 5) is 11.0. The highest BCUT2D eigenvalue weighted by atomic mass is 35.5. The Balaban J connectivity index is 2.96. The van der Waals surface area contributed by atoms with Crippen LogP contribution in [-0.2, 0) is 11.2 Å². The Morgan fingerprint density at radius 2 is 1.71 bits per heavy atom. The number of Topliss-reactive ketones (excluding diaryl/α,β-unsaturated/α-hetero) is 1. The summed E-state index contributed by atoms with van der Waals surface area (Å²) in [5, 5.41) is -0.0353. The molecule has 7 heteroatoms. The van der Waals surface area contributed by atoms with Crippen molar-refractivity contribution in [3.8, 4) is 0 Å². The van der Waals surface area contributed by atoms with Crippen LogP contribution in [0.1, 0.15) is 5.56 Å². The molecule has 0 heterocycles. The highest BCUT2D eigenvalue weighted by Gasteiger charge is 2.48. The summed E-state index contributed by atoms with van der Waals surface area (Å²) in [6, 6.07) is 4.11. The number of hydrogen-bond acceptors (Lipinski definition) is 1. The van der Waals surface area contributed by atoms with E-state index in [1.165, 1.54) is 18.2 Å². The fourth-order valence-electron chi connectivity index (χ4n) is 1.10. The lowest BCUT2D eigenvalue weighted by molar-refractivity contribution is -0.166. The molecule has 0 radical (unpaired) electrons. The Labute approximate surface area is 104 Å². The van der Waals surface area contributed by atoms with Crippen LogP contribution >= 0.6 is 23.2 Å². The molecule has 0 fully saturated rings. The van der Waals surface area contributed by atoms with Gasteiger partial charge in [0.1, 0.15) is 0 Å². The van der Waals surface area contributed by atoms with Gasteiger partial charge in [0.2, 0.25) is 5.78 Å². The van der Waals surface area contributed by atoms with Crippen LogP contribution in [-0.4, -0.2) is 18.1 Å². The Morgan fingerprint density at radius 3 is 2.12 bits per heavy atom. The quantitative estimate of drug-likeness (QED) is 0.765. The van der Waals surface area contributed by atoms with Crippen LogP contribution < -0.4 is 0 Å². The van der Waals surface area contributed by atoms with Crippen LogP contribution in [0.4, 0.5) is 17.6 Å². The second kappa shape index (κ2) is 5.23. The zero-order chi connectivity index (χ0) is 13.2. The van der Waals surface area contributed by atoms with Gasteiger partial charge in [-0.2, -0.15) is 8.78 Å². The largest absolute Gasteiger partial charge is 0.364 e. The maximum absolute atomic E-state index is 12.7. The molecule has 0 spiro atoms. The number of carbonyl (C=O) groups is 1. The average Bonchev–Trinajstić information content (AvgIpc) is 2.23. The molecule has 0 aliphatic carbocycles. The van der Waals surface area contributed by atoms with Gasteiger partial charge in [-0.3, -0.25) is 4.79 Å². The summed E-state index contributed by atoms with van der Waals surface area (Å²) in [6.07, 6.45) is -4.98. The highest BCUT2D eigenvalue weighted by molar-refractivity contribution is 6.36. The first-order valence-corrected chi connectivity index (χ1v) is 5.14. The first-order chi connectivity index (χ1) is 7.76. The molecule has 0 aromatic heterocycles. The molecule has 0 bridgehead atoms. The third kappa shape index (κ3) is 3.10. The number of halogens is 6. The monoisotopic (exact) mass is 288 g/mol. The zero-order valence-electron chi connectivity index (χ0n) is 8.19. The third-order valence-corrected chi connectivity index (χ3v) is 2.75. The van der Waals surface area contributed by atoms with E-state index in [4.69, 9.17) is 23.2 Å². The predicted octanol–water partition coefficient (Wildman–Crippen LogP) is 4.01. The molecule has 0 amide bonds. The normalized spacial score (nSPS) is 11.9. The van der Waals surface area contributed by atoms with Crippen molar-refractivity contribution >= 4 is 29.0 Å². The van der Waals surface area contributed by atoms with Gasteiger partial charge in [0.25, 0.3) is 0 Å². The molecule has 0 saturated carbocycles. The van der Waals surface area contributed by atoms with Crippen LogP contribution in [0.15, 0.2) is 18.2 Å². The Bertz CT molecular complexity index is 414. The summed E-state index contributed by atoms with van der Waals surface area (Å²) >= 11 is 11.3. The maximum Gasteiger partial charge on any atom is 0.364 e. The first kappa shape index (κ1) is 14.3. The second-order valence-electron chi connectivity index (χ2n) is 3.22. The molecule has 0 atom stereocenters. The molecule has 0 aliphatic heterocycles. The molecule has 1 aromatic rings. The van der Waals surface area contributed by atoms with Gasteiger partial charge in [0.15, 0.2) is 0 Å². The van der Waals surface area contributed by atoms with E-state index in [1.54, 1.807) is 0 Å². The zero-order valence-corrected chi connectivity index (χ0v) is 9.70. The maximum atomic E-state index is 12.7. The number of rotatable bonds is 4. The van der Waals surface area contributed by atoms with Crippen molar-refractivity contribution in [1.29, 1.82) is 0 Å². The number of benzene rings is 1. The van der Waals surface area contributed by atoms with Crippen molar-refractivity contribution in [1.82, 2.24) is 0 Å². The fraction of sp³-hybridized carbons (Fsp3) is 0.300. The van der Waals surface area contributed by atoms with Crippen molar-refractivity contribution < 1.29 is 22.4 Å². The van der Waals surface area contributed by atoms with Crippen LogP contribution in [0.25, 0.3) is 0 Å². The van der Waals surface area contributed by atoms with E-state index in [9.17, 15) is 22.4 Å². The van der Waals surface area contributed by atoms with Crippen LogP contribution in [0.2, 0.25) is 10.0 Å². The van der Waals surface area contributed by atoms with Crippen LogP contribution in [0.5, 0.6) is 0 Å². The van der Waals surface area contributed by atoms with E-state index in [0.717, 1.165) is 0 Å². The van der Waals surface area contributed by atoms with Gasteiger partial charge < -0.3 is 0 Å². The van der Waals surface area contributed by atoms with Crippen molar-refractivity contribution in [3.05, 3.63) is 33.8 Å². The minimum absolute atomic E-state index is 0.0177. The lowest BCUT2D eigenvalue weighted by Crippen LogP contribution is -2.37. The molecule has 0 N–H and O–H groups in total. The summed E-state index contributed by atoms with van der Waals surface area (Å²) in [5.41, 5.74) is -0.0823. The van der Waals surface area contributed by atoms with E-state index >= 15 is 0 Å². The van der Waals surface area contributed by atoms with Gasteiger partial charge in [0.05, 0.1) is 0 Å². The number of hydrogen-bond donors (Lipinski definition) is 0. The van der Waals surface area contributed by atoms with Gasteiger partial charge in [-0.15, -0.1) is 0 Å². The smallest absolute Gasteiger partial charge is 0.292 e. The minimum atomic E-state index is -4.69. The van der Waals surface area contributed by atoms with Gasteiger partial charge in [-0.25, -0.2) is 8.78 Å². The predicted molar refractivity (Wildman–Crippen MR) is 56.1 cm³/mol. The van der Waals surface area contributed by atoms with E-state index in [1.807, 2.05) is 0 Å². The van der Waals surface area contributed by atoms with Crippen LogP contribution in [0.3, 0.4) is 0 Å². The standard InChI is InChI=1S/C10H6Cl2F4O/c11-6-2-1-3-7(12)5(6)4-8(17)10(15,16)9(13)14/h1-3,9H,4H2. The highest BCUT2D eigenvalue weighted by Crippen LogP contribution is 2.30. The molecule has 0 unspecified atom stereocenters. The lowest BCUT2D eigenvalue weighted by Gasteiger charge is -2.14. The second-order valence-corrected chi connectivity index (χ2v) is 4.04. The van der Waals surface area contributed by atoms with Crippen molar-refractivity contribution in [3.63, 3.8) is 0 Å². The summed E-state index contributed by atoms with van der Waals surface area (Å²) in [5.74, 6) is -6.61. The Kier molecular flexibility index (Phi) is 4.38.